The van der Waals surface area contributed by atoms with Crippen LogP contribution < -0.4 is 35.8 Å². The summed E-state index contributed by atoms with van der Waals surface area (Å²) in [6, 6.07) is 10.2. The molecule has 356 valence electrons. The molecule has 0 bridgehead atoms. The molecule has 4 N–H and O–H groups in total. The molecule has 2 aromatic rings. The van der Waals surface area contributed by atoms with Gasteiger partial charge < -0.3 is 45.4 Å². The number of rotatable bonds is 19. The Morgan fingerprint density at radius 2 is 1.29 bits per heavy atom. The van der Waals surface area contributed by atoms with Crippen molar-refractivity contribution in [2.24, 2.45) is 5.92 Å². The van der Waals surface area contributed by atoms with E-state index >= 15 is 0 Å². The van der Waals surface area contributed by atoms with Gasteiger partial charge in [0.2, 0.25) is 23.6 Å². The van der Waals surface area contributed by atoms with Crippen LogP contribution in [0.1, 0.15) is 103 Å². The number of nitrogens with one attached hydrogen (secondary N) is 4. The second kappa shape index (κ2) is 24.4. The number of fused-ring (bicyclic) bond motifs is 1. The number of likely N-dealkylation sites (tertiary alicyclic amines) is 1. The zero-order chi connectivity index (χ0) is 47.0. The second-order valence-electron chi connectivity index (χ2n) is 17.8. The molecular formula is C48H70N8O9. The van der Waals surface area contributed by atoms with Crippen molar-refractivity contribution in [3.8, 4) is 5.75 Å². The minimum atomic E-state index is -1.21. The van der Waals surface area contributed by atoms with Gasteiger partial charge in [-0.15, -0.1) is 0 Å². The number of piperazine rings is 1. The zero-order valence-electron chi connectivity index (χ0n) is 39.1. The first-order chi connectivity index (χ1) is 31.2. The van der Waals surface area contributed by atoms with E-state index in [1.165, 1.54) is 18.9 Å². The van der Waals surface area contributed by atoms with Gasteiger partial charge in [-0.3, -0.25) is 28.9 Å². The molecule has 3 heterocycles. The van der Waals surface area contributed by atoms with Crippen molar-refractivity contribution in [1.29, 1.82) is 0 Å². The van der Waals surface area contributed by atoms with Gasteiger partial charge in [-0.25, -0.2) is 9.59 Å². The normalized spacial score (nSPS) is 18.0. The molecule has 5 atom stereocenters. The first-order valence-electron chi connectivity index (χ1n) is 23.3. The molecular weight excluding hydrogens is 833 g/mol. The van der Waals surface area contributed by atoms with E-state index in [-0.39, 0.29) is 43.7 Å². The lowest BCUT2D eigenvalue weighted by atomic mass is 9.92. The number of unbranched alkanes of at least 4 members (excludes halogenated alkanes) is 1. The fourth-order valence-electron chi connectivity index (χ4n) is 8.90. The zero-order valence-corrected chi connectivity index (χ0v) is 39.1. The summed E-state index contributed by atoms with van der Waals surface area (Å²) in [5.74, 6) is -2.16. The highest BCUT2D eigenvalue weighted by atomic mass is 16.5. The first kappa shape index (κ1) is 50.1. The number of urea groups is 1. The van der Waals surface area contributed by atoms with E-state index < -0.39 is 59.7 Å². The summed E-state index contributed by atoms with van der Waals surface area (Å²) >= 11 is 0. The molecule has 7 amide bonds. The Bertz CT molecular complexity index is 1960. The van der Waals surface area contributed by atoms with E-state index in [4.69, 9.17) is 9.47 Å². The van der Waals surface area contributed by atoms with Crippen LogP contribution in [0.25, 0.3) is 0 Å². The number of amides is 7. The van der Waals surface area contributed by atoms with Crippen LogP contribution in [0.2, 0.25) is 0 Å². The highest BCUT2D eigenvalue weighted by Crippen LogP contribution is 2.39. The number of methoxy groups -OCH3 is 2. The molecule has 3 aliphatic rings. The summed E-state index contributed by atoms with van der Waals surface area (Å²) < 4.78 is 10.6. The topological polar surface area (TPSA) is 199 Å². The van der Waals surface area contributed by atoms with Gasteiger partial charge in [0.05, 0.1) is 38.1 Å². The molecule has 2 fully saturated rings. The average Bonchev–Trinajstić information content (AvgIpc) is 3.44. The number of nitrogens with zero attached hydrogens (tertiary/aromatic N) is 4. The standard InChI is InChI=1S/C48H70N8O9/c1-7-8-18-36(44(59)50-37(33(4)57)30-43(58)54-26-24-53(25-27-54)41-20-13-14-21-42(41)64-5)49-46(61)39(29-34-31-56(48(63)65-6)40-19-12-11-17-35(34)40)51-45(60)38(28-32(2)3)52-47(62)55-22-15-9-10-16-23-55/h11-14,17,19-21,32,34,36-39H,7-10,15-16,18,22-31H2,1-6H3,(H,49,61)(H,50,59)(H,51,60)(H,52,62)/t34?,36-,37-,38+,39-/m1/s1. The lowest BCUT2D eigenvalue weighted by Gasteiger charge is -2.37. The Morgan fingerprint density at radius 1 is 0.692 bits per heavy atom. The van der Waals surface area contributed by atoms with E-state index in [0.29, 0.717) is 64.2 Å². The van der Waals surface area contributed by atoms with E-state index in [2.05, 4.69) is 26.2 Å². The van der Waals surface area contributed by atoms with Crippen LogP contribution in [0.15, 0.2) is 48.5 Å². The van der Waals surface area contributed by atoms with E-state index in [1.54, 1.807) is 29.0 Å². The molecule has 2 aromatic carbocycles. The molecule has 0 saturated carbocycles. The van der Waals surface area contributed by atoms with Crippen molar-refractivity contribution in [3.63, 3.8) is 0 Å². The van der Waals surface area contributed by atoms with Gasteiger partial charge in [-0.05, 0) is 68.7 Å². The van der Waals surface area contributed by atoms with Gasteiger partial charge in [0, 0.05) is 51.7 Å². The second-order valence-corrected chi connectivity index (χ2v) is 17.8. The van der Waals surface area contributed by atoms with Crippen LogP contribution in [0.5, 0.6) is 5.75 Å². The Morgan fingerprint density at radius 3 is 1.92 bits per heavy atom. The molecule has 17 nitrogen and oxygen atoms in total. The monoisotopic (exact) mass is 903 g/mol. The minimum Gasteiger partial charge on any atom is -0.495 e. The van der Waals surface area contributed by atoms with Gasteiger partial charge in [-0.2, -0.15) is 0 Å². The lowest BCUT2D eigenvalue weighted by Crippen LogP contribution is -2.59. The molecule has 0 aliphatic carbocycles. The Hall–Kier alpha value is -5.87. The summed E-state index contributed by atoms with van der Waals surface area (Å²) in [6.07, 6.45) is 4.84. The number of para-hydroxylation sites is 3. The van der Waals surface area contributed by atoms with Gasteiger partial charge in [-0.1, -0.05) is 76.8 Å². The number of hydrogen-bond acceptors (Lipinski definition) is 10. The van der Waals surface area contributed by atoms with Crippen molar-refractivity contribution >= 4 is 52.9 Å². The van der Waals surface area contributed by atoms with Gasteiger partial charge in [0.15, 0.2) is 5.78 Å². The molecule has 0 radical (unpaired) electrons. The third-order valence-electron chi connectivity index (χ3n) is 12.6. The quantitative estimate of drug-likeness (QED) is 0.153. The third kappa shape index (κ3) is 13.8. The van der Waals surface area contributed by atoms with Crippen LogP contribution in [0.3, 0.4) is 0 Å². The van der Waals surface area contributed by atoms with E-state index in [9.17, 15) is 33.6 Å². The number of anilines is 2. The van der Waals surface area contributed by atoms with Crippen molar-refractivity contribution in [1.82, 2.24) is 31.1 Å². The fraction of sp³-hybridized carbons (Fsp3) is 0.604. The number of hydrogen-bond donors (Lipinski definition) is 4. The highest BCUT2D eigenvalue weighted by molar-refractivity contribution is 5.97. The number of benzene rings is 2. The predicted molar refractivity (Wildman–Crippen MR) is 248 cm³/mol. The third-order valence-corrected chi connectivity index (χ3v) is 12.6. The molecule has 3 aliphatic heterocycles. The molecule has 65 heavy (non-hydrogen) atoms. The number of carbonyl (C=O) groups excluding carboxylic acids is 7. The number of carbonyl (C=O) groups is 7. The van der Waals surface area contributed by atoms with Gasteiger partial charge >= 0.3 is 12.1 Å². The molecule has 2 saturated heterocycles. The summed E-state index contributed by atoms with van der Waals surface area (Å²) in [4.78, 5) is 103. The van der Waals surface area contributed by atoms with Crippen molar-refractivity contribution in [2.45, 2.75) is 122 Å². The Labute approximate surface area is 383 Å². The largest absolute Gasteiger partial charge is 0.495 e. The van der Waals surface area contributed by atoms with Crippen LogP contribution in [0, 0.1) is 5.92 Å². The predicted octanol–water partition coefficient (Wildman–Crippen LogP) is 4.73. The van der Waals surface area contributed by atoms with E-state index in [1.807, 2.05) is 57.2 Å². The molecule has 0 spiro atoms. The molecule has 17 heteroatoms. The Kier molecular flexibility index (Phi) is 18.8. The lowest BCUT2D eigenvalue weighted by molar-refractivity contribution is -0.136. The first-order valence-corrected chi connectivity index (χ1v) is 23.3. The Balaban J connectivity index is 1.33. The summed E-state index contributed by atoms with van der Waals surface area (Å²) in [7, 11) is 2.91. The van der Waals surface area contributed by atoms with Crippen molar-refractivity contribution in [3.05, 3.63) is 54.1 Å². The highest BCUT2D eigenvalue weighted by Gasteiger charge is 2.39. The van der Waals surface area contributed by atoms with Crippen molar-refractivity contribution < 1.29 is 43.0 Å². The molecule has 0 aromatic heterocycles. The van der Waals surface area contributed by atoms with Gasteiger partial charge in [0.1, 0.15) is 23.9 Å². The SMILES string of the molecule is CCCC[C@@H](NC(=O)[C@@H](CC1CN(C(=O)OC)c2ccccc21)NC(=O)[C@H](CC(C)C)NC(=O)N1CCCCCC1)C(=O)N[C@H](CC(=O)N1CCN(c2ccccc2OC)CC1)C(C)=O. The van der Waals surface area contributed by atoms with Crippen LogP contribution in [0.4, 0.5) is 21.0 Å². The van der Waals surface area contributed by atoms with E-state index in [0.717, 1.165) is 42.7 Å². The fourth-order valence-corrected chi connectivity index (χ4v) is 8.90. The average molecular weight is 903 g/mol. The van der Waals surface area contributed by atoms with Gasteiger partial charge in [0.25, 0.3) is 0 Å². The van der Waals surface area contributed by atoms with Crippen molar-refractivity contribution in [2.75, 3.05) is 69.8 Å². The summed E-state index contributed by atoms with van der Waals surface area (Å²) in [5, 5.41) is 11.5. The number of ether oxygens (including phenoxy) is 2. The number of ketones is 1. The number of Topliss-reactive ketones (excluding diaryl/α,β-unsaturated/α-hetero) is 1. The van der Waals surface area contributed by atoms with Crippen LogP contribution in [-0.4, -0.2) is 136 Å². The molecule has 5 rings (SSSR count). The molecule has 1 unspecified atom stereocenters. The van der Waals surface area contributed by atoms with Crippen LogP contribution >= 0.6 is 0 Å². The maximum absolute atomic E-state index is 14.6. The smallest absolute Gasteiger partial charge is 0.414 e. The van der Waals surface area contributed by atoms with Crippen LogP contribution in [-0.2, 0) is 28.7 Å². The summed E-state index contributed by atoms with van der Waals surface area (Å²) in [6.45, 7) is 10.5. The maximum Gasteiger partial charge on any atom is 0.414 e. The summed E-state index contributed by atoms with van der Waals surface area (Å²) in [5.41, 5.74) is 2.34. The minimum absolute atomic E-state index is 0.0176. The maximum atomic E-state index is 14.6.